The number of hydrogen-bond acceptors (Lipinski definition) is 4. The van der Waals surface area contributed by atoms with Gasteiger partial charge < -0.3 is 4.98 Å². The number of nitrogens with zero attached hydrogens (tertiary/aromatic N) is 2. The molecule has 16 heavy (non-hydrogen) atoms. The Labute approximate surface area is 95.0 Å². The summed E-state index contributed by atoms with van der Waals surface area (Å²) in [6.07, 6.45) is 0. The van der Waals surface area contributed by atoms with E-state index in [1.54, 1.807) is 10.9 Å². The third kappa shape index (κ3) is 1.42. The van der Waals surface area contributed by atoms with Gasteiger partial charge in [0.25, 0.3) is 0 Å². The van der Waals surface area contributed by atoms with Gasteiger partial charge in [-0.05, 0) is 12.1 Å². The maximum absolute atomic E-state index is 11.9. The molecule has 0 spiro atoms. The SMILES string of the molecule is O=C(c1cscn1)c1nc2ccccc2[nH]1. The van der Waals surface area contributed by atoms with Gasteiger partial charge in [0, 0.05) is 5.38 Å². The molecule has 3 rings (SSSR count). The average molecular weight is 229 g/mol. The number of carbonyl (C=O) groups excluding carboxylic acids is 1. The molecule has 0 aliphatic heterocycles. The number of fused-ring (bicyclic) bond motifs is 1. The summed E-state index contributed by atoms with van der Waals surface area (Å²) in [6.45, 7) is 0. The zero-order valence-electron chi connectivity index (χ0n) is 8.18. The number of imidazole rings is 1. The molecule has 0 aliphatic rings. The summed E-state index contributed by atoms with van der Waals surface area (Å²) in [7, 11) is 0. The lowest BCUT2D eigenvalue weighted by Crippen LogP contribution is -2.03. The van der Waals surface area contributed by atoms with Crippen LogP contribution in [0, 0.1) is 0 Å². The van der Waals surface area contributed by atoms with Gasteiger partial charge in [-0.2, -0.15) is 0 Å². The average Bonchev–Trinajstić information content (AvgIpc) is 2.97. The number of para-hydroxylation sites is 2. The highest BCUT2D eigenvalue weighted by atomic mass is 32.1. The van der Waals surface area contributed by atoms with Crippen LogP contribution in [-0.2, 0) is 0 Å². The Kier molecular flexibility index (Phi) is 2.04. The summed E-state index contributed by atoms with van der Waals surface area (Å²) < 4.78 is 0. The zero-order valence-corrected chi connectivity index (χ0v) is 8.99. The Bertz CT molecular complexity index is 609. The van der Waals surface area contributed by atoms with Crippen molar-refractivity contribution in [1.29, 1.82) is 0 Å². The number of thiazole rings is 1. The number of rotatable bonds is 2. The smallest absolute Gasteiger partial charge is 0.247 e. The molecule has 2 heterocycles. The quantitative estimate of drug-likeness (QED) is 0.685. The predicted molar refractivity (Wildman–Crippen MR) is 61.6 cm³/mol. The van der Waals surface area contributed by atoms with E-state index in [1.165, 1.54) is 11.3 Å². The number of aromatic nitrogens is 3. The van der Waals surface area contributed by atoms with Crippen LogP contribution in [-0.4, -0.2) is 20.7 Å². The first-order valence-corrected chi connectivity index (χ1v) is 5.66. The summed E-state index contributed by atoms with van der Waals surface area (Å²) in [6, 6.07) is 7.54. The van der Waals surface area contributed by atoms with E-state index in [0.29, 0.717) is 11.5 Å². The zero-order chi connectivity index (χ0) is 11.0. The second-order valence-corrected chi connectivity index (χ2v) is 4.02. The van der Waals surface area contributed by atoms with Crippen LogP contribution < -0.4 is 0 Å². The largest absolute Gasteiger partial charge is 0.335 e. The normalized spacial score (nSPS) is 10.8. The fourth-order valence-electron chi connectivity index (χ4n) is 1.51. The van der Waals surface area contributed by atoms with E-state index in [1.807, 2.05) is 24.3 Å². The van der Waals surface area contributed by atoms with Gasteiger partial charge in [0.1, 0.15) is 5.69 Å². The number of carbonyl (C=O) groups is 1. The van der Waals surface area contributed by atoms with Crippen molar-refractivity contribution in [2.45, 2.75) is 0 Å². The van der Waals surface area contributed by atoms with Gasteiger partial charge in [0.2, 0.25) is 5.78 Å². The molecular weight excluding hydrogens is 222 g/mol. The van der Waals surface area contributed by atoms with Crippen LogP contribution in [0.2, 0.25) is 0 Å². The lowest BCUT2D eigenvalue weighted by atomic mass is 10.3. The summed E-state index contributed by atoms with van der Waals surface area (Å²) in [4.78, 5) is 23.1. The lowest BCUT2D eigenvalue weighted by Gasteiger charge is -1.89. The van der Waals surface area contributed by atoms with Crippen molar-refractivity contribution in [3.8, 4) is 0 Å². The van der Waals surface area contributed by atoms with Gasteiger partial charge >= 0.3 is 0 Å². The molecule has 0 atom stereocenters. The molecule has 3 aromatic rings. The highest BCUT2D eigenvalue weighted by Gasteiger charge is 2.14. The third-order valence-corrected chi connectivity index (χ3v) is 2.86. The minimum atomic E-state index is -0.169. The van der Waals surface area contributed by atoms with E-state index in [4.69, 9.17) is 0 Å². The van der Waals surface area contributed by atoms with Crippen LogP contribution in [0.4, 0.5) is 0 Å². The first kappa shape index (κ1) is 9.23. The Morgan fingerprint density at radius 3 is 2.94 bits per heavy atom. The molecule has 78 valence electrons. The van der Waals surface area contributed by atoms with Crippen LogP contribution in [0.15, 0.2) is 35.2 Å². The van der Waals surface area contributed by atoms with Gasteiger partial charge in [-0.15, -0.1) is 11.3 Å². The number of benzene rings is 1. The van der Waals surface area contributed by atoms with Crippen molar-refractivity contribution in [1.82, 2.24) is 15.0 Å². The summed E-state index contributed by atoms with van der Waals surface area (Å²) >= 11 is 1.40. The molecule has 0 unspecified atom stereocenters. The third-order valence-electron chi connectivity index (χ3n) is 2.27. The van der Waals surface area contributed by atoms with Gasteiger partial charge in [-0.25, -0.2) is 9.97 Å². The number of hydrogen-bond donors (Lipinski definition) is 1. The number of H-pyrrole nitrogens is 1. The molecule has 0 bridgehead atoms. The fourth-order valence-corrected chi connectivity index (χ4v) is 2.04. The summed E-state index contributed by atoms with van der Waals surface area (Å²) in [5.41, 5.74) is 3.72. The molecule has 5 heteroatoms. The predicted octanol–water partition coefficient (Wildman–Crippen LogP) is 2.25. The molecule has 2 aromatic heterocycles. The van der Waals surface area contributed by atoms with Gasteiger partial charge in [-0.1, -0.05) is 12.1 Å². The van der Waals surface area contributed by atoms with Crippen molar-refractivity contribution in [3.05, 3.63) is 46.7 Å². The van der Waals surface area contributed by atoms with Crippen LogP contribution in [0.3, 0.4) is 0 Å². The molecule has 0 saturated heterocycles. The second kappa shape index (κ2) is 3.53. The first-order valence-electron chi connectivity index (χ1n) is 4.72. The Morgan fingerprint density at radius 1 is 1.31 bits per heavy atom. The first-order chi connectivity index (χ1) is 7.84. The maximum Gasteiger partial charge on any atom is 0.247 e. The minimum Gasteiger partial charge on any atom is -0.335 e. The highest BCUT2D eigenvalue weighted by molar-refractivity contribution is 7.07. The molecule has 0 radical (unpaired) electrons. The molecule has 1 aromatic carbocycles. The molecule has 0 fully saturated rings. The molecule has 0 amide bonds. The van der Waals surface area contributed by atoms with Crippen LogP contribution in [0.1, 0.15) is 16.3 Å². The van der Waals surface area contributed by atoms with E-state index in [0.717, 1.165) is 11.0 Å². The fraction of sp³-hybridized carbons (Fsp3) is 0. The Morgan fingerprint density at radius 2 is 2.19 bits per heavy atom. The second-order valence-electron chi connectivity index (χ2n) is 3.31. The highest BCUT2D eigenvalue weighted by Crippen LogP contribution is 2.13. The standard InChI is InChI=1S/C11H7N3OS/c15-10(9-5-16-6-12-9)11-13-7-3-1-2-4-8(7)14-11/h1-6H,(H,13,14). The van der Waals surface area contributed by atoms with Gasteiger partial charge in [-0.3, -0.25) is 4.79 Å². The minimum absolute atomic E-state index is 0.169. The maximum atomic E-state index is 11.9. The topological polar surface area (TPSA) is 58.6 Å². The van der Waals surface area contributed by atoms with Crippen LogP contribution >= 0.6 is 11.3 Å². The van der Waals surface area contributed by atoms with Crippen molar-refractivity contribution in [2.75, 3.05) is 0 Å². The van der Waals surface area contributed by atoms with Crippen LogP contribution in [0.5, 0.6) is 0 Å². The van der Waals surface area contributed by atoms with Crippen molar-refractivity contribution >= 4 is 28.2 Å². The number of ketones is 1. The lowest BCUT2D eigenvalue weighted by molar-refractivity contribution is 0.102. The summed E-state index contributed by atoms with van der Waals surface area (Å²) in [5.74, 6) is 0.171. The molecule has 0 aliphatic carbocycles. The number of aromatic amines is 1. The van der Waals surface area contributed by atoms with E-state index < -0.39 is 0 Å². The molecular formula is C11H7N3OS. The molecule has 4 nitrogen and oxygen atoms in total. The molecule has 0 saturated carbocycles. The van der Waals surface area contributed by atoms with Crippen LogP contribution in [0.25, 0.3) is 11.0 Å². The Hall–Kier alpha value is -2.01. The van der Waals surface area contributed by atoms with E-state index >= 15 is 0 Å². The monoisotopic (exact) mass is 229 g/mol. The van der Waals surface area contributed by atoms with Crippen molar-refractivity contribution in [3.63, 3.8) is 0 Å². The number of nitrogens with one attached hydrogen (secondary N) is 1. The van der Waals surface area contributed by atoms with E-state index in [-0.39, 0.29) is 5.78 Å². The molecule has 1 N–H and O–H groups in total. The van der Waals surface area contributed by atoms with E-state index in [9.17, 15) is 4.79 Å². The van der Waals surface area contributed by atoms with E-state index in [2.05, 4.69) is 15.0 Å². The Balaban J connectivity index is 2.10. The van der Waals surface area contributed by atoms with Crippen molar-refractivity contribution in [2.24, 2.45) is 0 Å². The van der Waals surface area contributed by atoms with Gasteiger partial charge in [0.05, 0.1) is 16.5 Å². The summed E-state index contributed by atoms with van der Waals surface area (Å²) in [5, 5.41) is 1.72. The van der Waals surface area contributed by atoms with Gasteiger partial charge in [0.15, 0.2) is 5.82 Å². The van der Waals surface area contributed by atoms with Crippen molar-refractivity contribution < 1.29 is 4.79 Å².